The first-order valence-electron chi connectivity index (χ1n) is 8.57. The maximum Gasteiger partial charge on any atom is 0.257 e. The molecule has 9 heteroatoms. The van der Waals surface area contributed by atoms with Crippen LogP contribution in [0.4, 0.5) is 5.13 Å². The Labute approximate surface area is 169 Å². The molecule has 0 aliphatic rings. The van der Waals surface area contributed by atoms with Gasteiger partial charge < -0.3 is 4.74 Å². The summed E-state index contributed by atoms with van der Waals surface area (Å²) in [7, 11) is 0. The third kappa shape index (κ3) is 3.85. The fourth-order valence-electron chi connectivity index (χ4n) is 2.69. The zero-order valence-electron chi connectivity index (χ0n) is 15.2. The molecular weight excluding hydrogens is 394 g/mol. The van der Waals surface area contributed by atoms with Crippen LogP contribution in [0.2, 0.25) is 0 Å². The number of aryl methyl sites for hydroxylation is 1. The summed E-state index contributed by atoms with van der Waals surface area (Å²) in [5, 5.41) is 8.57. The van der Waals surface area contributed by atoms with E-state index in [2.05, 4.69) is 19.8 Å². The summed E-state index contributed by atoms with van der Waals surface area (Å²) >= 11 is 2.79. The van der Waals surface area contributed by atoms with Gasteiger partial charge in [-0.1, -0.05) is 0 Å². The van der Waals surface area contributed by atoms with Crippen LogP contribution in [0.15, 0.2) is 53.8 Å². The van der Waals surface area contributed by atoms with Crippen molar-refractivity contribution in [3.8, 4) is 11.5 Å². The lowest BCUT2D eigenvalue weighted by Gasteiger charge is -2.09. The van der Waals surface area contributed by atoms with Crippen LogP contribution in [0.3, 0.4) is 0 Å². The Balaban J connectivity index is 1.71. The molecule has 0 saturated heterocycles. The molecule has 0 fully saturated rings. The fourth-order valence-corrected chi connectivity index (χ4v) is 3.52. The minimum absolute atomic E-state index is 0.285. The van der Waals surface area contributed by atoms with Gasteiger partial charge in [-0.25, -0.2) is 4.98 Å². The lowest BCUT2D eigenvalue weighted by Crippen LogP contribution is -2.11. The van der Waals surface area contributed by atoms with Gasteiger partial charge in [0.05, 0.1) is 10.9 Å². The molecule has 0 aliphatic heterocycles. The van der Waals surface area contributed by atoms with Gasteiger partial charge in [-0.3, -0.25) is 14.8 Å². The van der Waals surface area contributed by atoms with Gasteiger partial charge in [0, 0.05) is 34.7 Å². The highest BCUT2D eigenvalue weighted by Gasteiger charge is 2.16. The van der Waals surface area contributed by atoms with E-state index in [1.807, 2.05) is 48.3 Å². The number of ether oxygens (including phenoxy) is 1. The summed E-state index contributed by atoms with van der Waals surface area (Å²) in [5.41, 5.74) is 1.14. The highest BCUT2D eigenvalue weighted by atomic mass is 32.2. The van der Waals surface area contributed by atoms with Crippen molar-refractivity contribution in [3.05, 3.63) is 54.5 Å². The van der Waals surface area contributed by atoms with E-state index in [4.69, 9.17) is 4.74 Å². The lowest BCUT2D eigenvalue weighted by atomic mass is 10.1. The second-order valence-corrected chi connectivity index (χ2v) is 7.53. The van der Waals surface area contributed by atoms with E-state index < -0.39 is 0 Å². The van der Waals surface area contributed by atoms with E-state index in [0.717, 1.165) is 28.4 Å². The minimum Gasteiger partial charge on any atom is -0.457 e. The molecule has 4 aromatic rings. The van der Waals surface area contributed by atoms with Crippen molar-refractivity contribution in [3.63, 3.8) is 0 Å². The van der Waals surface area contributed by atoms with Crippen molar-refractivity contribution in [2.75, 3.05) is 11.6 Å². The number of hydrogen-bond donors (Lipinski definition) is 1. The summed E-state index contributed by atoms with van der Waals surface area (Å²) in [6, 6.07) is 11.3. The number of anilines is 1. The van der Waals surface area contributed by atoms with Gasteiger partial charge in [0.25, 0.3) is 5.91 Å². The predicted molar refractivity (Wildman–Crippen MR) is 112 cm³/mol. The molecule has 4 rings (SSSR count). The highest BCUT2D eigenvalue weighted by Crippen LogP contribution is 2.32. The fraction of sp³-hybridized carbons (Fsp3) is 0.158. The molecule has 28 heavy (non-hydrogen) atoms. The normalized spacial score (nSPS) is 10.9. The number of rotatable bonds is 6. The number of aromatic nitrogens is 4. The average molecular weight is 412 g/mol. The molecule has 0 unspecified atom stereocenters. The second-order valence-electron chi connectivity index (χ2n) is 5.87. The SMILES string of the molecule is CCn1cc2c(Oc3ccc(SC)cc3)cc(C(=O)Nc3ncns3)cc2n1. The zero-order valence-corrected chi connectivity index (χ0v) is 16.9. The van der Waals surface area contributed by atoms with Crippen LogP contribution in [0.25, 0.3) is 10.9 Å². The van der Waals surface area contributed by atoms with Crippen LogP contribution in [0.1, 0.15) is 17.3 Å². The number of nitrogens with zero attached hydrogens (tertiary/aromatic N) is 4. The number of carbonyl (C=O) groups excluding carboxylic acids is 1. The highest BCUT2D eigenvalue weighted by molar-refractivity contribution is 7.98. The maximum absolute atomic E-state index is 12.7. The lowest BCUT2D eigenvalue weighted by molar-refractivity contribution is 0.102. The van der Waals surface area contributed by atoms with Crippen molar-refractivity contribution in [1.29, 1.82) is 0 Å². The van der Waals surface area contributed by atoms with Gasteiger partial charge in [0.15, 0.2) is 0 Å². The van der Waals surface area contributed by atoms with Gasteiger partial charge >= 0.3 is 0 Å². The van der Waals surface area contributed by atoms with Crippen molar-refractivity contribution < 1.29 is 9.53 Å². The largest absolute Gasteiger partial charge is 0.457 e. The molecule has 0 atom stereocenters. The first-order valence-corrected chi connectivity index (χ1v) is 10.6. The minimum atomic E-state index is -0.285. The smallest absolute Gasteiger partial charge is 0.257 e. The van der Waals surface area contributed by atoms with E-state index in [1.165, 1.54) is 6.33 Å². The second kappa shape index (κ2) is 7.99. The van der Waals surface area contributed by atoms with Crippen molar-refractivity contribution in [1.82, 2.24) is 19.1 Å². The molecule has 0 aliphatic carbocycles. The predicted octanol–water partition coefficient (Wildman–Crippen LogP) is 4.67. The van der Waals surface area contributed by atoms with Gasteiger partial charge in [0.2, 0.25) is 5.13 Å². The molecular formula is C19H17N5O2S2. The van der Waals surface area contributed by atoms with Crippen molar-refractivity contribution >= 4 is 45.2 Å². The van der Waals surface area contributed by atoms with E-state index in [9.17, 15) is 4.79 Å². The Morgan fingerprint density at radius 2 is 2.11 bits per heavy atom. The van der Waals surface area contributed by atoms with Crippen LogP contribution in [-0.2, 0) is 6.54 Å². The van der Waals surface area contributed by atoms with Gasteiger partial charge in [-0.2, -0.15) is 9.47 Å². The van der Waals surface area contributed by atoms with Crippen LogP contribution >= 0.6 is 23.3 Å². The van der Waals surface area contributed by atoms with Gasteiger partial charge in [-0.05, 0) is 49.6 Å². The van der Waals surface area contributed by atoms with Crippen molar-refractivity contribution in [2.45, 2.75) is 18.4 Å². The number of fused-ring (bicyclic) bond motifs is 1. The van der Waals surface area contributed by atoms with E-state index >= 15 is 0 Å². The maximum atomic E-state index is 12.7. The van der Waals surface area contributed by atoms with Gasteiger partial charge in [0.1, 0.15) is 17.8 Å². The molecule has 0 bridgehead atoms. The molecule has 1 N–H and O–H groups in total. The molecule has 2 aromatic carbocycles. The molecule has 0 saturated carbocycles. The first kappa shape index (κ1) is 18.5. The standard InChI is InChI=1S/C19H17N5O2S2/c1-3-24-10-15-16(23-24)8-12(18(25)22-19-20-11-21-28-19)9-17(15)26-13-4-6-14(27-2)7-5-13/h4-11H,3H2,1-2H3,(H,20,21,22,25). The van der Waals surface area contributed by atoms with Crippen LogP contribution in [0, 0.1) is 0 Å². The van der Waals surface area contributed by atoms with Crippen LogP contribution in [-0.4, -0.2) is 31.3 Å². The quantitative estimate of drug-likeness (QED) is 0.464. The Morgan fingerprint density at radius 1 is 1.29 bits per heavy atom. The van der Waals surface area contributed by atoms with Gasteiger partial charge in [-0.15, -0.1) is 11.8 Å². The number of hydrogen-bond acceptors (Lipinski definition) is 7. The number of nitrogens with one attached hydrogen (secondary N) is 1. The summed E-state index contributed by atoms with van der Waals surface area (Å²) in [5.74, 6) is 0.994. The van der Waals surface area contributed by atoms with E-state index in [0.29, 0.717) is 27.7 Å². The zero-order chi connectivity index (χ0) is 19.5. The Bertz CT molecular complexity index is 1110. The van der Waals surface area contributed by atoms with Crippen LogP contribution < -0.4 is 10.1 Å². The number of amides is 1. The Hall–Kier alpha value is -2.91. The monoisotopic (exact) mass is 411 g/mol. The van der Waals surface area contributed by atoms with Crippen LogP contribution in [0.5, 0.6) is 11.5 Å². The summed E-state index contributed by atoms with van der Waals surface area (Å²) in [4.78, 5) is 17.8. The van der Waals surface area contributed by atoms with E-state index in [1.54, 1.807) is 23.9 Å². The number of carbonyl (C=O) groups is 1. The molecule has 2 aromatic heterocycles. The molecule has 0 radical (unpaired) electrons. The summed E-state index contributed by atoms with van der Waals surface area (Å²) in [6.07, 6.45) is 5.35. The molecule has 2 heterocycles. The molecule has 7 nitrogen and oxygen atoms in total. The Kier molecular flexibility index (Phi) is 5.27. The first-order chi connectivity index (χ1) is 13.7. The molecule has 1 amide bonds. The summed E-state index contributed by atoms with van der Waals surface area (Å²) in [6.45, 7) is 2.74. The number of benzene rings is 2. The third-order valence-corrected chi connectivity index (χ3v) is 5.41. The average Bonchev–Trinajstić information content (AvgIpc) is 3.37. The van der Waals surface area contributed by atoms with Crippen molar-refractivity contribution in [2.24, 2.45) is 0 Å². The molecule has 142 valence electrons. The van der Waals surface area contributed by atoms with E-state index in [-0.39, 0.29) is 5.91 Å². The molecule has 0 spiro atoms. The third-order valence-electron chi connectivity index (χ3n) is 4.09. The summed E-state index contributed by atoms with van der Waals surface area (Å²) < 4.78 is 11.8. The Morgan fingerprint density at radius 3 is 2.79 bits per heavy atom. The topological polar surface area (TPSA) is 81.9 Å². The number of thioether (sulfide) groups is 1.